The summed E-state index contributed by atoms with van der Waals surface area (Å²) in [4.78, 5) is 21.7. The average Bonchev–Trinajstić information content (AvgIpc) is 3.39. The lowest BCUT2D eigenvalue weighted by atomic mass is 10.1. The number of halogens is 3. The fraction of sp³-hybridized carbons (Fsp3) is 0.0417. The van der Waals surface area contributed by atoms with Crippen molar-refractivity contribution in [1.82, 2.24) is 14.5 Å². The highest BCUT2D eigenvalue weighted by Gasteiger charge is 2.26. The van der Waals surface area contributed by atoms with Gasteiger partial charge in [0.2, 0.25) is 11.7 Å². The van der Waals surface area contributed by atoms with Gasteiger partial charge in [-0.3, -0.25) is 9.78 Å². The van der Waals surface area contributed by atoms with Crippen LogP contribution in [0.1, 0.15) is 21.7 Å². The number of aromatic hydroxyl groups is 1. The van der Waals surface area contributed by atoms with E-state index in [1.54, 1.807) is 53.4 Å². The van der Waals surface area contributed by atoms with Crippen molar-refractivity contribution in [3.8, 4) is 17.2 Å². The van der Waals surface area contributed by atoms with E-state index in [0.717, 1.165) is 5.56 Å². The Morgan fingerprint density at radius 1 is 1.06 bits per heavy atom. The Labute approximate surface area is 203 Å². The number of oxazole rings is 1. The van der Waals surface area contributed by atoms with E-state index >= 15 is 0 Å². The van der Waals surface area contributed by atoms with Gasteiger partial charge in [0.15, 0.2) is 5.76 Å². The zero-order valence-corrected chi connectivity index (χ0v) is 19.1. The molecule has 0 saturated heterocycles. The molecule has 0 radical (unpaired) electrons. The topological polar surface area (TPSA) is 81.2 Å². The number of pyridine rings is 1. The first-order valence-corrected chi connectivity index (χ1v) is 10.9. The summed E-state index contributed by atoms with van der Waals surface area (Å²) >= 11 is 19.1. The second kappa shape index (κ2) is 8.56. The van der Waals surface area contributed by atoms with Crippen molar-refractivity contribution < 1.29 is 14.3 Å². The van der Waals surface area contributed by atoms with Crippen LogP contribution >= 0.6 is 34.8 Å². The van der Waals surface area contributed by atoms with Gasteiger partial charge in [0.05, 0.1) is 29.4 Å². The van der Waals surface area contributed by atoms with Gasteiger partial charge in [-0.05, 0) is 48.0 Å². The number of aromatic nitrogens is 3. The monoisotopic (exact) mass is 497 g/mol. The van der Waals surface area contributed by atoms with E-state index in [4.69, 9.17) is 39.2 Å². The van der Waals surface area contributed by atoms with Crippen LogP contribution in [0.3, 0.4) is 0 Å². The first-order chi connectivity index (χ1) is 15.9. The van der Waals surface area contributed by atoms with Gasteiger partial charge < -0.3 is 14.1 Å². The number of phenols is 1. The fourth-order valence-electron chi connectivity index (χ4n) is 3.63. The number of phenolic OH excluding ortho intramolecular Hbond substituents is 1. The Balaban J connectivity index is 1.61. The normalized spacial score (nSPS) is 11.2. The summed E-state index contributed by atoms with van der Waals surface area (Å²) in [5.41, 5.74) is 2.26. The van der Waals surface area contributed by atoms with Crippen LogP contribution in [0.4, 0.5) is 0 Å². The summed E-state index contributed by atoms with van der Waals surface area (Å²) in [6.45, 7) is 0.292. The molecule has 2 aromatic carbocycles. The molecule has 6 nitrogen and oxygen atoms in total. The molecule has 3 aromatic heterocycles. The van der Waals surface area contributed by atoms with Gasteiger partial charge in [-0.1, -0.05) is 40.9 Å². The number of carbonyl (C=O) groups excluding carboxylic acids is 1. The molecule has 0 spiro atoms. The van der Waals surface area contributed by atoms with E-state index in [-0.39, 0.29) is 28.1 Å². The Hall–Kier alpha value is -3.32. The Morgan fingerprint density at radius 3 is 2.67 bits per heavy atom. The summed E-state index contributed by atoms with van der Waals surface area (Å²) in [5, 5.41) is 11.7. The van der Waals surface area contributed by atoms with Gasteiger partial charge in [-0.25, -0.2) is 4.98 Å². The molecule has 3 heterocycles. The zero-order chi connectivity index (χ0) is 23.1. The van der Waals surface area contributed by atoms with E-state index in [2.05, 4.69) is 9.97 Å². The lowest BCUT2D eigenvalue weighted by Gasteiger charge is -2.09. The Kier molecular flexibility index (Phi) is 5.58. The summed E-state index contributed by atoms with van der Waals surface area (Å²) in [6.07, 6.45) is 4.57. The quantitative estimate of drug-likeness (QED) is 0.275. The predicted molar refractivity (Wildman–Crippen MR) is 127 cm³/mol. The molecule has 164 valence electrons. The van der Waals surface area contributed by atoms with Crippen LogP contribution < -0.4 is 0 Å². The third-order valence-electron chi connectivity index (χ3n) is 5.19. The SMILES string of the molecule is O=C(c1cnc(-c2cccnc2)o1)c1c(Cl)n(Cc2ccc(Cl)cc2Cl)c2ccc(O)cc12. The van der Waals surface area contributed by atoms with Crippen LogP contribution in [-0.2, 0) is 6.54 Å². The number of nitrogens with zero attached hydrogens (tertiary/aromatic N) is 3. The number of ketones is 1. The summed E-state index contributed by atoms with van der Waals surface area (Å²) in [7, 11) is 0. The average molecular weight is 499 g/mol. The van der Waals surface area contributed by atoms with Crippen LogP contribution in [-0.4, -0.2) is 25.4 Å². The van der Waals surface area contributed by atoms with Gasteiger partial charge >= 0.3 is 0 Å². The third kappa shape index (κ3) is 3.97. The number of benzene rings is 2. The second-order valence-electron chi connectivity index (χ2n) is 7.29. The fourth-order valence-corrected chi connectivity index (χ4v) is 4.43. The molecule has 0 aliphatic carbocycles. The maximum Gasteiger partial charge on any atom is 0.233 e. The van der Waals surface area contributed by atoms with Gasteiger partial charge in [-0.2, -0.15) is 0 Å². The number of carbonyl (C=O) groups is 1. The van der Waals surface area contributed by atoms with Gasteiger partial charge in [0.25, 0.3) is 0 Å². The van der Waals surface area contributed by atoms with Crippen LogP contribution in [0, 0.1) is 0 Å². The molecule has 5 rings (SSSR count). The maximum atomic E-state index is 13.4. The minimum Gasteiger partial charge on any atom is -0.508 e. The molecule has 0 unspecified atom stereocenters. The first kappa shape index (κ1) is 21.5. The van der Waals surface area contributed by atoms with E-state index in [1.165, 1.54) is 18.3 Å². The van der Waals surface area contributed by atoms with E-state index in [9.17, 15) is 9.90 Å². The Morgan fingerprint density at radius 2 is 1.91 bits per heavy atom. The highest BCUT2D eigenvalue weighted by molar-refractivity contribution is 6.37. The summed E-state index contributed by atoms with van der Waals surface area (Å²) in [6, 6.07) is 13.4. The molecule has 0 aliphatic heterocycles. The largest absolute Gasteiger partial charge is 0.508 e. The molecule has 0 saturated carbocycles. The third-order valence-corrected chi connectivity index (χ3v) is 6.17. The number of hydrogen-bond donors (Lipinski definition) is 1. The molecule has 0 bridgehead atoms. The number of rotatable bonds is 5. The van der Waals surface area contributed by atoms with Crippen LogP contribution in [0.5, 0.6) is 5.75 Å². The lowest BCUT2D eigenvalue weighted by Crippen LogP contribution is -2.03. The van der Waals surface area contributed by atoms with Crippen LogP contribution in [0.15, 0.2) is 71.5 Å². The molecule has 0 fully saturated rings. The van der Waals surface area contributed by atoms with Gasteiger partial charge in [-0.15, -0.1) is 0 Å². The highest BCUT2D eigenvalue weighted by atomic mass is 35.5. The predicted octanol–water partition coefficient (Wildman–Crippen LogP) is 6.64. The van der Waals surface area contributed by atoms with Crippen molar-refractivity contribution in [3.05, 3.63) is 99.2 Å². The smallest absolute Gasteiger partial charge is 0.233 e. The molecule has 1 N–H and O–H groups in total. The first-order valence-electron chi connectivity index (χ1n) is 9.78. The van der Waals surface area contributed by atoms with E-state index in [0.29, 0.717) is 33.1 Å². The van der Waals surface area contributed by atoms with Crippen molar-refractivity contribution in [3.63, 3.8) is 0 Å². The highest BCUT2D eigenvalue weighted by Crippen LogP contribution is 2.36. The zero-order valence-electron chi connectivity index (χ0n) is 16.8. The maximum absolute atomic E-state index is 13.4. The van der Waals surface area contributed by atoms with Crippen molar-refractivity contribution in [1.29, 1.82) is 0 Å². The molecule has 9 heteroatoms. The molecule has 0 amide bonds. The van der Waals surface area contributed by atoms with E-state index < -0.39 is 5.78 Å². The molecule has 33 heavy (non-hydrogen) atoms. The molecular formula is C24H14Cl3N3O3. The number of hydrogen-bond acceptors (Lipinski definition) is 5. The van der Waals surface area contributed by atoms with Crippen LogP contribution in [0.25, 0.3) is 22.4 Å². The molecule has 0 atom stereocenters. The molecular weight excluding hydrogens is 485 g/mol. The summed E-state index contributed by atoms with van der Waals surface area (Å²) < 4.78 is 7.46. The standard InChI is InChI=1S/C24H14Cl3N3O3/c25-15-4-3-14(18(26)8-15)12-30-19-6-5-16(31)9-17(19)21(23(30)27)22(32)20-11-29-24(33-20)13-2-1-7-28-10-13/h1-11,31H,12H2. The van der Waals surface area contributed by atoms with Crippen molar-refractivity contribution in [2.24, 2.45) is 0 Å². The number of fused-ring (bicyclic) bond motifs is 1. The minimum absolute atomic E-state index is 0.00325. The second-order valence-corrected chi connectivity index (χ2v) is 8.49. The van der Waals surface area contributed by atoms with Crippen molar-refractivity contribution in [2.45, 2.75) is 6.54 Å². The van der Waals surface area contributed by atoms with E-state index in [1.807, 2.05) is 0 Å². The minimum atomic E-state index is -0.459. The van der Waals surface area contributed by atoms with Gasteiger partial charge in [0, 0.05) is 27.8 Å². The van der Waals surface area contributed by atoms with Crippen LogP contribution in [0.2, 0.25) is 15.2 Å². The molecule has 5 aromatic rings. The van der Waals surface area contributed by atoms with Gasteiger partial charge in [0.1, 0.15) is 10.9 Å². The van der Waals surface area contributed by atoms with Crippen molar-refractivity contribution >= 4 is 51.5 Å². The van der Waals surface area contributed by atoms with Crippen molar-refractivity contribution in [2.75, 3.05) is 0 Å². The summed E-state index contributed by atoms with van der Waals surface area (Å²) in [5.74, 6) is -0.174. The lowest BCUT2D eigenvalue weighted by molar-refractivity contribution is 0.101. The Bertz CT molecular complexity index is 1510. The molecule has 0 aliphatic rings.